The smallest absolute Gasteiger partial charge is 0.319 e. The molecular weight excluding hydrogens is 366 g/mol. The van der Waals surface area contributed by atoms with Crippen molar-refractivity contribution in [3.63, 3.8) is 0 Å². The quantitative estimate of drug-likeness (QED) is 0.788. The maximum Gasteiger partial charge on any atom is 0.319 e. The van der Waals surface area contributed by atoms with Crippen LogP contribution in [0.3, 0.4) is 0 Å². The number of hydrogen-bond donors (Lipinski definition) is 2. The number of nitrogens with zero attached hydrogens (tertiary/aromatic N) is 1. The van der Waals surface area contributed by atoms with Crippen LogP contribution in [0.15, 0.2) is 52.3 Å². The van der Waals surface area contributed by atoms with Gasteiger partial charge >= 0.3 is 6.03 Å². The molecule has 3 rings (SSSR count). The topological polar surface area (TPSA) is 95.6 Å². The zero-order valence-electron chi connectivity index (χ0n) is 15.2. The minimum absolute atomic E-state index is 0.0152. The van der Waals surface area contributed by atoms with Crippen LogP contribution < -0.4 is 15.5 Å². The van der Waals surface area contributed by atoms with E-state index in [0.29, 0.717) is 12.2 Å². The summed E-state index contributed by atoms with van der Waals surface area (Å²) < 4.78 is 26.1. The highest BCUT2D eigenvalue weighted by Crippen LogP contribution is 2.37. The highest BCUT2D eigenvalue weighted by molar-refractivity contribution is 7.91. The van der Waals surface area contributed by atoms with Gasteiger partial charge in [0.05, 0.1) is 21.0 Å². The first-order chi connectivity index (χ1) is 12.9. The fourth-order valence-electron chi connectivity index (χ4n) is 2.92. The molecule has 0 aliphatic carbocycles. The van der Waals surface area contributed by atoms with Gasteiger partial charge in [-0.2, -0.15) is 0 Å². The summed E-state index contributed by atoms with van der Waals surface area (Å²) in [4.78, 5) is 26.0. The Labute approximate surface area is 158 Å². The van der Waals surface area contributed by atoms with Crippen LogP contribution in [0.25, 0.3) is 0 Å². The van der Waals surface area contributed by atoms with Crippen molar-refractivity contribution in [1.82, 2.24) is 5.32 Å². The van der Waals surface area contributed by atoms with E-state index in [4.69, 9.17) is 0 Å². The lowest BCUT2D eigenvalue weighted by molar-refractivity contribution is 0.0990. The third-order valence-electron chi connectivity index (χ3n) is 4.40. The van der Waals surface area contributed by atoms with E-state index in [1.807, 2.05) is 6.92 Å². The third-order valence-corrected chi connectivity index (χ3v) is 6.25. The lowest BCUT2D eigenvalue weighted by atomic mass is 10.2. The Morgan fingerprint density at radius 1 is 1.11 bits per heavy atom. The SMILES string of the molecule is CCCCNC(=O)Nc1ccc2c(c1)N(C)C(=O)c1ccccc1S2(=O)=O. The fraction of sp³-hybridized carbons (Fsp3) is 0.263. The zero-order chi connectivity index (χ0) is 19.6. The van der Waals surface area contributed by atoms with Gasteiger partial charge in [-0.3, -0.25) is 4.79 Å². The number of carbonyl (C=O) groups excluding carboxylic acids is 2. The molecule has 0 unspecified atom stereocenters. The number of rotatable bonds is 4. The van der Waals surface area contributed by atoms with E-state index in [1.54, 1.807) is 12.1 Å². The largest absolute Gasteiger partial charge is 0.338 e. The first-order valence-electron chi connectivity index (χ1n) is 8.67. The highest BCUT2D eigenvalue weighted by atomic mass is 32.2. The van der Waals surface area contributed by atoms with Crippen molar-refractivity contribution < 1.29 is 18.0 Å². The molecule has 0 radical (unpaired) electrons. The molecule has 0 fully saturated rings. The van der Waals surface area contributed by atoms with Gasteiger partial charge in [0.2, 0.25) is 9.84 Å². The van der Waals surface area contributed by atoms with Crippen LogP contribution in [-0.2, 0) is 9.84 Å². The zero-order valence-corrected chi connectivity index (χ0v) is 16.0. The van der Waals surface area contributed by atoms with Crippen LogP contribution >= 0.6 is 0 Å². The molecule has 0 saturated carbocycles. The predicted octanol–water partition coefficient (Wildman–Crippen LogP) is 3.03. The third kappa shape index (κ3) is 3.52. The molecule has 1 aliphatic heterocycles. The van der Waals surface area contributed by atoms with Crippen LogP contribution in [0, 0.1) is 0 Å². The summed E-state index contributed by atoms with van der Waals surface area (Å²) in [5.41, 5.74) is 0.758. The lowest BCUT2D eigenvalue weighted by Crippen LogP contribution is -2.30. The van der Waals surface area contributed by atoms with Gasteiger partial charge in [0.25, 0.3) is 5.91 Å². The summed E-state index contributed by atoms with van der Waals surface area (Å²) in [5, 5.41) is 5.40. The first kappa shape index (κ1) is 18.9. The lowest BCUT2D eigenvalue weighted by Gasteiger charge is -2.18. The van der Waals surface area contributed by atoms with E-state index in [-0.39, 0.29) is 27.1 Å². The number of nitrogens with one attached hydrogen (secondary N) is 2. The molecule has 7 nitrogen and oxygen atoms in total. The molecule has 2 aromatic carbocycles. The molecular formula is C19H21N3O4S. The molecule has 27 heavy (non-hydrogen) atoms. The monoisotopic (exact) mass is 387 g/mol. The molecule has 2 N–H and O–H groups in total. The number of benzene rings is 2. The molecule has 0 bridgehead atoms. The normalized spacial score (nSPS) is 14.7. The molecule has 0 saturated heterocycles. The number of amides is 3. The van der Waals surface area contributed by atoms with E-state index in [0.717, 1.165) is 12.8 Å². The maximum atomic E-state index is 13.0. The van der Waals surface area contributed by atoms with Gasteiger partial charge in [-0.05, 0) is 36.8 Å². The highest BCUT2D eigenvalue weighted by Gasteiger charge is 2.34. The summed E-state index contributed by atoms with van der Waals surface area (Å²) in [5.74, 6) is -0.419. The van der Waals surface area contributed by atoms with Crippen molar-refractivity contribution in [2.75, 3.05) is 23.8 Å². The second-order valence-corrected chi connectivity index (χ2v) is 8.17. The number of unbranched alkanes of at least 4 members (excludes halogenated alkanes) is 1. The molecule has 0 atom stereocenters. The second kappa shape index (κ2) is 7.40. The van der Waals surface area contributed by atoms with Crippen LogP contribution in [0.1, 0.15) is 30.1 Å². The van der Waals surface area contributed by atoms with Crippen molar-refractivity contribution in [3.8, 4) is 0 Å². The van der Waals surface area contributed by atoms with Crippen LogP contribution in [0.2, 0.25) is 0 Å². The summed E-state index contributed by atoms with van der Waals surface area (Å²) >= 11 is 0. The van der Waals surface area contributed by atoms with Crippen molar-refractivity contribution in [2.24, 2.45) is 0 Å². The van der Waals surface area contributed by atoms with E-state index in [2.05, 4.69) is 10.6 Å². The molecule has 0 spiro atoms. The Morgan fingerprint density at radius 3 is 2.59 bits per heavy atom. The fourth-order valence-corrected chi connectivity index (χ4v) is 4.58. The van der Waals surface area contributed by atoms with Crippen LogP contribution in [-0.4, -0.2) is 33.9 Å². The van der Waals surface area contributed by atoms with E-state index >= 15 is 0 Å². The Morgan fingerprint density at radius 2 is 1.85 bits per heavy atom. The molecule has 2 aromatic rings. The molecule has 1 aliphatic rings. The Hall–Kier alpha value is -2.87. The average Bonchev–Trinajstić information content (AvgIpc) is 2.71. The number of fused-ring (bicyclic) bond motifs is 2. The van der Waals surface area contributed by atoms with Crippen LogP contribution in [0.5, 0.6) is 0 Å². The van der Waals surface area contributed by atoms with Gasteiger partial charge in [-0.15, -0.1) is 0 Å². The van der Waals surface area contributed by atoms with Gasteiger partial charge in [0.1, 0.15) is 0 Å². The Bertz CT molecular complexity index is 1000. The maximum absolute atomic E-state index is 13.0. The number of sulfone groups is 1. The molecule has 3 amide bonds. The molecule has 1 heterocycles. The molecule has 142 valence electrons. The standard InChI is InChI=1S/C19H21N3O4S/c1-3-4-11-20-19(24)21-13-9-10-17-15(12-13)22(2)18(23)14-7-5-6-8-16(14)27(17,25)26/h5-10,12H,3-4,11H2,1-2H3,(H2,20,21,24). The van der Waals surface area contributed by atoms with Crippen molar-refractivity contribution in [1.29, 1.82) is 0 Å². The predicted molar refractivity (Wildman–Crippen MR) is 103 cm³/mol. The van der Waals surface area contributed by atoms with Crippen LogP contribution in [0.4, 0.5) is 16.2 Å². The van der Waals surface area contributed by atoms with Gasteiger partial charge in [0, 0.05) is 19.3 Å². The summed E-state index contributed by atoms with van der Waals surface area (Å²) in [6.45, 7) is 2.58. The van der Waals surface area contributed by atoms with Crippen molar-refractivity contribution in [2.45, 2.75) is 29.6 Å². The summed E-state index contributed by atoms with van der Waals surface area (Å²) in [7, 11) is -2.34. The van der Waals surface area contributed by atoms with Crippen molar-refractivity contribution in [3.05, 3.63) is 48.0 Å². The first-order valence-corrected chi connectivity index (χ1v) is 10.2. The van der Waals surface area contributed by atoms with E-state index in [9.17, 15) is 18.0 Å². The number of carbonyl (C=O) groups is 2. The number of anilines is 2. The van der Waals surface area contributed by atoms with E-state index in [1.165, 1.54) is 42.3 Å². The average molecular weight is 387 g/mol. The summed E-state index contributed by atoms with van der Waals surface area (Å²) in [6, 6.07) is 10.2. The molecule has 8 heteroatoms. The summed E-state index contributed by atoms with van der Waals surface area (Å²) in [6.07, 6.45) is 1.83. The molecule has 0 aromatic heterocycles. The Kier molecular flexibility index (Phi) is 5.18. The minimum atomic E-state index is -3.86. The Balaban J connectivity index is 1.99. The van der Waals surface area contributed by atoms with E-state index < -0.39 is 15.7 Å². The van der Waals surface area contributed by atoms with Gasteiger partial charge in [-0.1, -0.05) is 25.5 Å². The number of hydrogen-bond acceptors (Lipinski definition) is 4. The van der Waals surface area contributed by atoms with Gasteiger partial charge in [0.15, 0.2) is 0 Å². The van der Waals surface area contributed by atoms with Gasteiger partial charge in [-0.25, -0.2) is 13.2 Å². The second-order valence-electron chi connectivity index (χ2n) is 6.28. The van der Waals surface area contributed by atoms with Gasteiger partial charge < -0.3 is 15.5 Å². The minimum Gasteiger partial charge on any atom is -0.338 e. The number of urea groups is 1. The van der Waals surface area contributed by atoms with Crippen molar-refractivity contribution >= 4 is 33.2 Å².